The Kier molecular flexibility index (Phi) is 1.24. The van der Waals surface area contributed by atoms with E-state index in [1.54, 1.807) is 0 Å². The van der Waals surface area contributed by atoms with E-state index in [0.717, 1.165) is 25.2 Å². The molecular weight excluding hydrogens is 152 g/mol. The van der Waals surface area contributed by atoms with Crippen molar-refractivity contribution in [2.24, 2.45) is 23.7 Å². The summed E-state index contributed by atoms with van der Waals surface area (Å²) in [4.78, 5) is 11.6. The molecule has 0 aromatic heterocycles. The van der Waals surface area contributed by atoms with Crippen molar-refractivity contribution < 1.29 is 9.90 Å². The van der Waals surface area contributed by atoms with Crippen molar-refractivity contribution in [3.8, 4) is 0 Å². The molecule has 2 heteroatoms. The maximum atomic E-state index is 11.6. The molecule has 0 unspecified atom stereocenters. The Morgan fingerprint density at radius 3 is 2.83 bits per heavy atom. The first-order valence-corrected chi connectivity index (χ1v) is 4.97. The van der Waals surface area contributed by atoms with E-state index < -0.39 is 0 Å². The van der Waals surface area contributed by atoms with E-state index >= 15 is 0 Å². The highest BCUT2D eigenvalue weighted by molar-refractivity contribution is 5.86. The van der Waals surface area contributed by atoms with Gasteiger partial charge in [0.25, 0.3) is 0 Å². The second kappa shape index (κ2) is 2.11. The molecule has 0 heterocycles. The number of Topliss-reactive ketones (excluding diaryl/α,β-unsaturated/α-hetero) is 1. The van der Waals surface area contributed by atoms with Gasteiger partial charge < -0.3 is 5.11 Å². The van der Waals surface area contributed by atoms with Gasteiger partial charge in [0.1, 0.15) is 5.78 Å². The molecule has 0 spiro atoms. The molecule has 1 N–H and O–H groups in total. The van der Waals surface area contributed by atoms with Crippen molar-refractivity contribution >= 4 is 5.78 Å². The summed E-state index contributed by atoms with van der Waals surface area (Å²) in [6.45, 7) is 0. The summed E-state index contributed by atoms with van der Waals surface area (Å²) in [5, 5.41) is 9.78. The van der Waals surface area contributed by atoms with Crippen LogP contribution in [-0.4, -0.2) is 17.0 Å². The predicted octanol–water partition coefficient (Wildman–Crippen LogP) is 0.982. The molecule has 5 atom stereocenters. The van der Waals surface area contributed by atoms with Gasteiger partial charge in [-0.3, -0.25) is 4.79 Å². The zero-order chi connectivity index (χ0) is 8.29. The fourth-order valence-electron chi connectivity index (χ4n) is 3.60. The Labute approximate surface area is 72.0 Å². The second-order valence-electron chi connectivity index (χ2n) is 4.77. The van der Waals surface area contributed by atoms with Gasteiger partial charge in [-0.2, -0.15) is 0 Å². The lowest BCUT2D eigenvalue weighted by atomic mass is 9.54. The number of aliphatic hydroxyl groups excluding tert-OH is 1. The summed E-state index contributed by atoms with van der Waals surface area (Å²) in [5.74, 6) is 1.96. The molecule has 0 aliphatic heterocycles. The number of hydrogen-bond donors (Lipinski definition) is 1. The lowest BCUT2D eigenvalue weighted by Gasteiger charge is -2.51. The minimum absolute atomic E-state index is 0.0289. The molecule has 4 fully saturated rings. The largest absolute Gasteiger partial charge is 0.392 e. The Morgan fingerprint density at radius 1 is 1.17 bits per heavy atom. The highest BCUT2D eigenvalue weighted by atomic mass is 16.3. The molecular formula is C10H14O2. The van der Waals surface area contributed by atoms with Crippen LogP contribution in [-0.2, 0) is 4.79 Å². The maximum absolute atomic E-state index is 11.6. The van der Waals surface area contributed by atoms with E-state index in [4.69, 9.17) is 0 Å². The standard InChI is InChI=1S/C10H14O2/c11-9-6-1-5-2-7(4-6)10(12)8(9)3-5/h5-9,11H,1-4H2/t5-,6-,7+,8-,9-/m1/s1. The Morgan fingerprint density at radius 2 is 2.00 bits per heavy atom. The van der Waals surface area contributed by atoms with Crippen LogP contribution in [0.3, 0.4) is 0 Å². The van der Waals surface area contributed by atoms with Crippen LogP contribution in [0.4, 0.5) is 0 Å². The minimum atomic E-state index is -0.287. The number of aliphatic hydroxyl groups is 1. The Balaban J connectivity index is 1.98. The molecule has 4 rings (SSSR count). The molecule has 4 bridgehead atoms. The van der Waals surface area contributed by atoms with E-state index in [1.807, 2.05) is 0 Å². The number of carbonyl (C=O) groups excluding carboxylic acids is 1. The summed E-state index contributed by atoms with van der Waals surface area (Å²) in [5.41, 5.74) is 0. The van der Waals surface area contributed by atoms with Gasteiger partial charge in [-0.25, -0.2) is 0 Å². The van der Waals surface area contributed by atoms with Gasteiger partial charge in [-0.1, -0.05) is 0 Å². The van der Waals surface area contributed by atoms with Gasteiger partial charge in [0.15, 0.2) is 0 Å². The van der Waals surface area contributed by atoms with E-state index in [9.17, 15) is 9.90 Å². The molecule has 0 amide bonds. The van der Waals surface area contributed by atoms with Gasteiger partial charge >= 0.3 is 0 Å². The first kappa shape index (κ1) is 7.07. The van der Waals surface area contributed by atoms with E-state index in [2.05, 4.69) is 0 Å². The third kappa shape index (κ3) is 0.717. The molecule has 4 aliphatic rings. The number of hydrogen-bond acceptors (Lipinski definition) is 2. The zero-order valence-electron chi connectivity index (χ0n) is 7.07. The van der Waals surface area contributed by atoms with E-state index in [0.29, 0.717) is 17.6 Å². The molecule has 2 nitrogen and oxygen atoms in total. The quantitative estimate of drug-likeness (QED) is 0.582. The third-order valence-electron chi connectivity index (χ3n) is 4.09. The summed E-state index contributed by atoms with van der Waals surface area (Å²) in [6.07, 6.45) is 3.98. The number of rotatable bonds is 0. The highest BCUT2D eigenvalue weighted by Gasteiger charge is 2.52. The van der Waals surface area contributed by atoms with Crippen LogP contribution >= 0.6 is 0 Å². The van der Waals surface area contributed by atoms with Gasteiger partial charge in [-0.05, 0) is 37.5 Å². The average molecular weight is 166 g/mol. The molecule has 4 saturated carbocycles. The molecule has 0 aromatic carbocycles. The van der Waals surface area contributed by atoms with Crippen molar-refractivity contribution in [1.29, 1.82) is 0 Å². The van der Waals surface area contributed by atoms with Gasteiger partial charge in [-0.15, -0.1) is 0 Å². The van der Waals surface area contributed by atoms with Crippen LogP contribution < -0.4 is 0 Å². The van der Waals surface area contributed by atoms with Crippen LogP contribution in [0.2, 0.25) is 0 Å². The van der Waals surface area contributed by atoms with Crippen molar-refractivity contribution in [2.45, 2.75) is 31.8 Å². The van der Waals surface area contributed by atoms with Gasteiger partial charge in [0.05, 0.1) is 6.10 Å². The van der Waals surface area contributed by atoms with Crippen LogP contribution in [0.15, 0.2) is 0 Å². The predicted molar refractivity (Wildman–Crippen MR) is 43.4 cm³/mol. The molecule has 4 aliphatic carbocycles. The molecule has 12 heavy (non-hydrogen) atoms. The van der Waals surface area contributed by atoms with Crippen molar-refractivity contribution in [3.63, 3.8) is 0 Å². The van der Waals surface area contributed by atoms with E-state index in [-0.39, 0.29) is 12.0 Å². The summed E-state index contributed by atoms with van der Waals surface area (Å²) >= 11 is 0. The maximum Gasteiger partial charge on any atom is 0.141 e. The van der Waals surface area contributed by atoms with Crippen LogP contribution in [0, 0.1) is 23.7 Å². The first-order chi connectivity index (χ1) is 5.75. The van der Waals surface area contributed by atoms with Gasteiger partial charge in [0.2, 0.25) is 0 Å². The van der Waals surface area contributed by atoms with Crippen molar-refractivity contribution in [1.82, 2.24) is 0 Å². The minimum Gasteiger partial charge on any atom is -0.392 e. The summed E-state index contributed by atoms with van der Waals surface area (Å²) < 4.78 is 0. The van der Waals surface area contributed by atoms with E-state index in [1.165, 1.54) is 6.42 Å². The first-order valence-electron chi connectivity index (χ1n) is 4.97. The summed E-state index contributed by atoms with van der Waals surface area (Å²) in [7, 11) is 0. The second-order valence-corrected chi connectivity index (χ2v) is 4.77. The molecule has 66 valence electrons. The smallest absolute Gasteiger partial charge is 0.141 e. The normalized spacial score (nSPS) is 56.4. The van der Waals surface area contributed by atoms with Gasteiger partial charge in [0, 0.05) is 11.8 Å². The monoisotopic (exact) mass is 166 g/mol. The lowest BCUT2D eigenvalue weighted by Crippen LogP contribution is -2.53. The fraction of sp³-hybridized carbons (Fsp3) is 0.900. The topological polar surface area (TPSA) is 37.3 Å². The molecule has 0 saturated heterocycles. The highest BCUT2D eigenvalue weighted by Crippen LogP contribution is 2.51. The van der Waals surface area contributed by atoms with Crippen molar-refractivity contribution in [2.75, 3.05) is 0 Å². The Hall–Kier alpha value is -0.370. The van der Waals surface area contributed by atoms with Crippen LogP contribution in [0.1, 0.15) is 25.7 Å². The van der Waals surface area contributed by atoms with Crippen molar-refractivity contribution in [3.05, 3.63) is 0 Å². The third-order valence-corrected chi connectivity index (χ3v) is 4.09. The number of ketones is 1. The number of carbonyl (C=O) groups is 1. The van der Waals surface area contributed by atoms with Crippen LogP contribution in [0.5, 0.6) is 0 Å². The Bertz CT molecular complexity index is 236. The lowest BCUT2D eigenvalue weighted by molar-refractivity contribution is -0.154. The van der Waals surface area contributed by atoms with Crippen LogP contribution in [0.25, 0.3) is 0 Å². The SMILES string of the molecule is O=C1[C@H]2C[C@H]3C[C@H](C2)[C@@H](O)[C@H]1C3. The summed E-state index contributed by atoms with van der Waals surface area (Å²) in [6, 6.07) is 0. The average Bonchev–Trinajstić information content (AvgIpc) is 2.07. The zero-order valence-corrected chi connectivity index (χ0v) is 7.07. The molecule has 0 radical (unpaired) electrons. The molecule has 0 aromatic rings. The fourth-order valence-corrected chi connectivity index (χ4v) is 3.60.